The van der Waals surface area contributed by atoms with Gasteiger partial charge < -0.3 is 5.32 Å². The number of rotatable bonds is 5. The van der Waals surface area contributed by atoms with Gasteiger partial charge in [-0.2, -0.15) is 0 Å². The number of hydrogen-bond donors (Lipinski definition) is 1. The molecule has 0 amide bonds. The van der Waals surface area contributed by atoms with Crippen molar-refractivity contribution < 1.29 is 0 Å². The lowest BCUT2D eigenvalue weighted by Crippen LogP contribution is -2.19. The first-order valence-corrected chi connectivity index (χ1v) is 6.51. The van der Waals surface area contributed by atoms with Gasteiger partial charge in [0, 0.05) is 9.58 Å². The third-order valence-electron chi connectivity index (χ3n) is 2.60. The Morgan fingerprint density at radius 3 is 2.94 bits per heavy atom. The summed E-state index contributed by atoms with van der Waals surface area (Å²) in [5.74, 6) is 0. The van der Waals surface area contributed by atoms with Crippen LogP contribution in [0, 0.1) is 0 Å². The molecule has 2 aromatic rings. The van der Waals surface area contributed by atoms with Crippen molar-refractivity contribution in [1.29, 1.82) is 0 Å². The molecular weight excluding hydrogens is 214 g/mol. The molecule has 84 valence electrons. The molecule has 2 rings (SSSR count). The average Bonchev–Trinajstić information content (AvgIpc) is 2.73. The molecule has 1 N–H and O–H groups in total. The monoisotopic (exact) mass is 231 g/mol. The lowest BCUT2D eigenvalue weighted by molar-refractivity contribution is 0.621. The van der Waals surface area contributed by atoms with Crippen molar-refractivity contribution in [1.82, 2.24) is 5.32 Å². The molecule has 1 heterocycles. The van der Waals surface area contributed by atoms with E-state index >= 15 is 0 Å². The SMILES string of the molecule is C=CC(NCCC)c1cc2ccccc2s1. The minimum atomic E-state index is 0.289. The van der Waals surface area contributed by atoms with Crippen LogP contribution < -0.4 is 5.32 Å². The molecule has 0 radical (unpaired) electrons. The zero-order valence-corrected chi connectivity index (χ0v) is 10.4. The molecule has 2 heteroatoms. The highest BCUT2D eigenvalue weighted by Crippen LogP contribution is 2.30. The molecule has 0 bridgehead atoms. The van der Waals surface area contributed by atoms with Crippen molar-refractivity contribution in [3.63, 3.8) is 0 Å². The second-order valence-electron chi connectivity index (χ2n) is 3.85. The standard InChI is InChI=1S/C14H17NS/c1-3-9-15-12(4-2)14-10-11-7-5-6-8-13(11)16-14/h4-8,10,12,15H,2-3,9H2,1H3. The summed E-state index contributed by atoms with van der Waals surface area (Å²) in [6.07, 6.45) is 3.13. The summed E-state index contributed by atoms with van der Waals surface area (Å²) in [6, 6.07) is 11.1. The summed E-state index contributed by atoms with van der Waals surface area (Å²) in [5, 5.41) is 4.82. The number of benzene rings is 1. The van der Waals surface area contributed by atoms with Gasteiger partial charge in [-0.25, -0.2) is 0 Å². The van der Waals surface area contributed by atoms with Crippen LogP contribution in [0.4, 0.5) is 0 Å². The third-order valence-corrected chi connectivity index (χ3v) is 3.80. The number of nitrogens with one attached hydrogen (secondary N) is 1. The van der Waals surface area contributed by atoms with Crippen LogP contribution in [0.25, 0.3) is 10.1 Å². The highest BCUT2D eigenvalue weighted by molar-refractivity contribution is 7.19. The van der Waals surface area contributed by atoms with Gasteiger partial charge >= 0.3 is 0 Å². The van der Waals surface area contributed by atoms with E-state index in [1.54, 1.807) is 0 Å². The molecular formula is C14H17NS. The topological polar surface area (TPSA) is 12.0 Å². The first kappa shape index (κ1) is 11.4. The average molecular weight is 231 g/mol. The van der Waals surface area contributed by atoms with Gasteiger partial charge in [-0.05, 0) is 30.5 Å². The van der Waals surface area contributed by atoms with E-state index < -0.39 is 0 Å². The number of thiophene rings is 1. The molecule has 0 saturated carbocycles. The summed E-state index contributed by atoms with van der Waals surface area (Å²) in [6.45, 7) is 7.12. The van der Waals surface area contributed by atoms with E-state index in [4.69, 9.17) is 0 Å². The van der Waals surface area contributed by atoms with E-state index in [-0.39, 0.29) is 6.04 Å². The quantitative estimate of drug-likeness (QED) is 0.763. The zero-order valence-electron chi connectivity index (χ0n) is 9.57. The van der Waals surface area contributed by atoms with Crippen LogP contribution in [0.2, 0.25) is 0 Å². The van der Waals surface area contributed by atoms with Gasteiger partial charge in [0.2, 0.25) is 0 Å². The third kappa shape index (κ3) is 2.34. The lowest BCUT2D eigenvalue weighted by Gasteiger charge is -2.11. The largest absolute Gasteiger partial charge is 0.306 e. The molecule has 0 saturated heterocycles. The Balaban J connectivity index is 2.26. The first-order chi connectivity index (χ1) is 7.85. The molecule has 0 spiro atoms. The Hall–Kier alpha value is -1.12. The predicted molar refractivity (Wildman–Crippen MR) is 73.1 cm³/mol. The Labute approximate surface area is 101 Å². The molecule has 16 heavy (non-hydrogen) atoms. The van der Waals surface area contributed by atoms with Crippen LogP contribution in [0.3, 0.4) is 0 Å². The van der Waals surface area contributed by atoms with E-state index in [1.165, 1.54) is 15.0 Å². The van der Waals surface area contributed by atoms with Gasteiger partial charge in [0.15, 0.2) is 0 Å². The predicted octanol–water partition coefficient (Wildman–Crippen LogP) is 4.13. The van der Waals surface area contributed by atoms with E-state index in [0.29, 0.717) is 0 Å². The van der Waals surface area contributed by atoms with Gasteiger partial charge in [-0.1, -0.05) is 31.2 Å². The summed E-state index contributed by atoms with van der Waals surface area (Å²) in [7, 11) is 0. The van der Waals surface area contributed by atoms with Crippen molar-refractivity contribution in [3.8, 4) is 0 Å². The fourth-order valence-corrected chi connectivity index (χ4v) is 2.89. The summed E-state index contributed by atoms with van der Waals surface area (Å²) in [4.78, 5) is 1.35. The maximum atomic E-state index is 3.90. The summed E-state index contributed by atoms with van der Waals surface area (Å²) in [5.41, 5.74) is 0. The zero-order chi connectivity index (χ0) is 11.4. The van der Waals surface area contributed by atoms with Crippen molar-refractivity contribution in [3.05, 3.63) is 47.9 Å². The molecule has 1 aromatic heterocycles. The van der Waals surface area contributed by atoms with Crippen LogP contribution in [0.15, 0.2) is 43.0 Å². The maximum Gasteiger partial charge on any atom is 0.0598 e. The lowest BCUT2D eigenvalue weighted by atomic mass is 10.2. The maximum absolute atomic E-state index is 3.90. The first-order valence-electron chi connectivity index (χ1n) is 5.69. The fraction of sp³-hybridized carbons (Fsp3) is 0.286. The molecule has 0 aliphatic carbocycles. The van der Waals surface area contributed by atoms with Crippen LogP contribution in [0.1, 0.15) is 24.3 Å². The van der Waals surface area contributed by atoms with E-state index in [2.05, 4.69) is 49.2 Å². The van der Waals surface area contributed by atoms with E-state index in [9.17, 15) is 0 Å². The molecule has 1 unspecified atom stereocenters. The normalized spacial score (nSPS) is 12.8. The molecule has 0 aliphatic rings. The van der Waals surface area contributed by atoms with Crippen molar-refractivity contribution in [2.24, 2.45) is 0 Å². The Bertz CT molecular complexity index is 439. The van der Waals surface area contributed by atoms with Crippen LogP contribution in [-0.2, 0) is 0 Å². The number of fused-ring (bicyclic) bond motifs is 1. The van der Waals surface area contributed by atoms with Gasteiger partial charge in [0.25, 0.3) is 0 Å². The van der Waals surface area contributed by atoms with Crippen molar-refractivity contribution >= 4 is 21.4 Å². The van der Waals surface area contributed by atoms with Crippen molar-refractivity contribution in [2.45, 2.75) is 19.4 Å². The minimum absolute atomic E-state index is 0.289. The minimum Gasteiger partial charge on any atom is -0.306 e. The smallest absolute Gasteiger partial charge is 0.0598 e. The Morgan fingerprint density at radius 1 is 1.44 bits per heavy atom. The van der Waals surface area contributed by atoms with E-state index in [0.717, 1.165) is 13.0 Å². The van der Waals surface area contributed by atoms with Crippen molar-refractivity contribution in [2.75, 3.05) is 6.54 Å². The highest BCUT2D eigenvalue weighted by Gasteiger charge is 2.09. The second-order valence-corrected chi connectivity index (χ2v) is 4.97. The Morgan fingerprint density at radius 2 is 2.25 bits per heavy atom. The second kappa shape index (κ2) is 5.28. The van der Waals surface area contributed by atoms with Gasteiger partial charge in [0.1, 0.15) is 0 Å². The molecule has 1 nitrogen and oxygen atoms in total. The fourth-order valence-electron chi connectivity index (χ4n) is 1.76. The van der Waals surface area contributed by atoms with Gasteiger partial charge in [-0.3, -0.25) is 0 Å². The summed E-state index contributed by atoms with van der Waals surface area (Å²) < 4.78 is 1.35. The van der Waals surface area contributed by atoms with Crippen LogP contribution >= 0.6 is 11.3 Å². The van der Waals surface area contributed by atoms with Crippen LogP contribution in [0.5, 0.6) is 0 Å². The number of hydrogen-bond acceptors (Lipinski definition) is 2. The van der Waals surface area contributed by atoms with Crippen LogP contribution in [-0.4, -0.2) is 6.54 Å². The highest BCUT2D eigenvalue weighted by atomic mass is 32.1. The molecule has 1 atom stereocenters. The molecule has 1 aromatic carbocycles. The van der Waals surface area contributed by atoms with E-state index in [1.807, 2.05) is 17.4 Å². The molecule has 0 fully saturated rings. The summed E-state index contributed by atoms with van der Waals surface area (Å²) >= 11 is 1.85. The van der Waals surface area contributed by atoms with Gasteiger partial charge in [0.05, 0.1) is 6.04 Å². The molecule has 0 aliphatic heterocycles. The van der Waals surface area contributed by atoms with Gasteiger partial charge in [-0.15, -0.1) is 17.9 Å². The Kier molecular flexibility index (Phi) is 3.75.